The summed E-state index contributed by atoms with van der Waals surface area (Å²) < 4.78 is 0. The van der Waals surface area contributed by atoms with Crippen molar-refractivity contribution in [2.24, 2.45) is 0 Å². The van der Waals surface area contributed by atoms with Crippen LogP contribution in [0.5, 0.6) is 0 Å². The lowest BCUT2D eigenvalue weighted by Gasteiger charge is -2.18. The van der Waals surface area contributed by atoms with Crippen LogP contribution in [-0.4, -0.2) is 28.7 Å². The van der Waals surface area contributed by atoms with Gasteiger partial charge in [-0.1, -0.05) is 11.8 Å². The lowest BCUT2D eigenvalue weighted by molar-refractivity contribution is -0.844. The zero-order valence-electron chi connectivity index (χ0n) is 4.66. The van der Waals surface area contributed by atoms with Crippen LogP contribution >= 0.6 is 11.8 Å². The van der Waals surface area contributed by atoms with Gasteiger partial charge in [-0.25, -0.2) is 4.79 Å². The molecule has 0 radical (unpaired) electrons. The summed E-state index contributed by atoms with van der Waals surface area (Å²) in [5, 5.41) is 18.8. The zero-order valence-corrected chi connectivity index (χ0v) is 5.48. The van der Waals surface area contributed by atoms with Gasteiger partial charge in [0.2, 0.25) is 0 Å². The first-order valence-corrected chi connectivity index (χ1v) is 3.70. The van der Waals surface area contributed by atoms with E-state index in [0.717, 1.165) is 0 Å². The maximum Gasteiger partial charge on any atom is 0.363 e. The number of thioether (sulfide) groups is 1. The van der Waals surface area contributed by atoms with Crippen molar-refractivity contribution in [1.82, 2.24) is 0 Å². The summed E-state index contributed by atoms with van der Waals surface area (Å²) in [6, 6.07) is -0.727. The summed E-state index contributed by atoms with van der Waals surface area (Å²) in [6.07, 6.45) is 0. The van der Waals surface area contributed by atoms with Gasteiger partial charge in [-0.05, 0) is 0 Å². The van der Waals surface area contributed by atoms with E-state index in [1.165, 1.54) is 11.8 Å². The summed E-state index contributed by atoms with van der Waals surface area (Å²) in [5.74, 6) is -0.157. The van der Waals surface area contributed by atoms with Crippen molar-refractivity contribution in [2.45, 2.75) is 6.04 Å². The molecule has 52 valence electrons. The molecule has 1 rings (SSSR count). The largest absolute Gasteiger partial charge is 0.633 e. The minimum absolute atomic E-state index is 0.146. The number of carbonyl (C=O) groups is 1. The lowest BCUT2D eigenvalue weighted by atomic mass is 10.3. The van der Waals surface area contributed by atoms with Gasteiger partial charge in [0.15, 0.2) is 6.04 Å². The van der Waals surface area contributed by atoms with Crippen molar-refractivity contribution in [3.05, 3.63) is 5.21 Å². The van der Waals surface area contributed by atoms with Gasteiger partial charge in [0.25, 0.3) is 0 Å². The van der Waals surface area contributed by atoms with Crippen molar-refractivity contribution in [3.8, 4) is 0 Å². The molecule has 0 aromatic heterocycles. The summed E-state index contributed by atoms with van der Waals surface area (Å²) in [6.45, 7) is 0. The molecule has 1 aliphatic heterocycles. The van der Waals surface area contributed by atoms with Crippen LogP contribution in [0.4, 0.5) is 0 Å². The van der Waals surface area contributed by atoms with Crippen LogP contribution in [0.1, 0.15) is 0 Å². The molecule has 0 saturated carbocycles. The summed E-state index contributed by atoms with van der Waals surface area (Å²) in [5.41, 5.74) is 0. The van der Waals surface area contributed by atoms with Crippen molar-refractivity contribution in [1.29, 1.82) is 0 Å². The Hall–Kier alpha value is -0.260. The summed E-state index contributed by atoms with van der Waals surface area (Å²) in [7, 11) is 0. The number of rotatable bonds is 1. The van der Waals surface area contributed by atoms with E-state index in [2.05, 4.69) is 0 Å². The Morgan fingerprint density at radius 2 is 2.56 bits per heavy atom. The molecular weight excluding hydrogens is 142 g/mol. The molecule has 1 unspecified atom stereocenters. The maximum absolute atomic E-state index is 10.6. The van der Waals surface area contributed by atoms with Crippen LogP contribution in [0, 0.1) is 5.21 Å². The highest BCUT2D eigenvalue weighted by Gasteiger charge is 2.29. The van der Waals surface area contributed by atoms with Crippen molar-refractivity contribution in [2.75, 3.05) is 11.6 Å². The molecule has 0 aromatic carbocycles. The molecule has 5 heteroatoms. The molecular formula is C4H7NO3S. The number of aliphatic carboxylic acids is 1. The van der Waals surface area contributed by atoms with E-state index in [1.807, 2.05) is 0 Å². The fourth-order valence-electron chi connectivity index (χ4n) is 0.680. The first-order chi connectivity index (χ1) is 4.22. The number of carboxylic acids is 1. The predicted molar refractivity (Wildman–Crippen MR) is 33.1 cm³/mol. The topological polar surface area (TPSA) is 64.8 Å². The van der Waals surface area contributed by atoms with Gasteiger partial charge >= 0.3 is 5.97 Å². The number of nitrogens with one attached hydrogen (secondary N) is 1. The zero-order chi connectivity index (χ0) is 6.85. The van der Waals surface area contributed by atoms with Crippen LogP contribution in [0.3, 0.4) is 0 Å². The number of hydroxylamine groups is 2. The SMILES string of the molecule is O=C(O)[C@@H]1CSC[NH+]1[O-]. The first-order valence-electron chi connectivity index (χ1n) is 2.55. The Balaban J connectivity index is 2.49. The average Bonchev–Trinajstić information content (AvgIpc) is 2.13. The molecule has 0 bridgehead atoms. The number of hydrogen-bond donors (Lipinski definition) is 2. The molecule has 2 N–H and O–H groups in total. The van der Waals surface area contributed by atoms with Gasteiger partial charge in [-0.2, -0.15) is 0 Å². The predicted octanol–water partition coefficient (Wildman–Crippen LogP) is -1.47. The van der Waals surface area contributed by atoms with Crippen LogP contribution < -0.4 is 5.06 Å². The lowest BCUT2D eigenvalue weighted by Crippen LogP contribution is -3.10. The van der Waals surface area contributed by atoms with E-state index >= 15 is 0 Å². The fourth-order valence-corrected chi connectivity index (χ4v) is 1.76. The van der Waals surface area contributed by atoms with Gasteiger partial charge in [0.05, 0.1) is 5.75 Å². The molecule has 0 aromatic rings. The van der Waals surface area contributed by atoms with Gasteiger partial charge in [0.1, 0.15) is 5.88 Å². The fraction of sp³-hybridized carbons (Fsp3) is 0.750. The molecule has 1 aliphatic rings. The Bertz CT molecular complexity index is 129. The second kappa shape index (κ2) is 2.55. The highest BCUT2D eigenvalue weighted by molar-refractivity contribution is 7.99. The standard InChI is InChI=1S/C4H7NO3S/c6-4(7)3-1-9-2-5(3)8/h3,5H,1-2H2,(H,6,7)/t3-/m0/s1. The van der Waals surface area contributed by atoms with Crippen molar-refractivity contribution in [3.63, 3.8) is 0 Å². The van der Waals surface area contributed by atoms with Crippen LogP contribution in [0.2, 0.25) is 0 Å². The maximum atomic E-state index is 10.6. The molecule has 1 fully saturated rings. The van der Waals surface area contributed by atoms with Crippen LogP contribution in [0.25, 0.3) is 0 Å². The molecule has 9 heavy (non-hydrogen) atoms. The highest BCUT2D eigenvalue weighted by Crippen LogP contribution is 2.03. The molecule has 1 saturated heterocycles. The van der Waals surface area contributed by atoms with E-state index in [1.54, 1.807) is 0 Å². The number of carboxylic acid groups (broad SMARTS) is 1. The van der Waals surface area contributed by atoms with E-state index in [4.69, 9.17) is 5.11 Å². The average molecular weight is 149 g/mol. The monoisotopic (exact) mass is 149 g/mol. The molecule has 0 spiro atoms. The quantitative estimate of drug-likeness (QED) is 0.447. The molecule has 1 heterocycles. The van der Waals surface area contributed by atoms with Crippen LogP contribution in [0.15, 0.2) is 0 Å². The Labute approximate surface area is 56.4 Å². The third kappa shape index (κ3) is 1.35. The van der Waals surface area contributed by atoms with E-state index in [-0.39, 0.29) is 5.06 Å². The Kier molecular flexibility index (Phi) is 1.94. The van der Waals surface area contributed by atoms with Crippen LogP contribution in [-0.2, 0) is 4.79 Å². The minimum atomic E-state index is -0.981. The van der Waals surface area contributed by atoms with E-state index in [0.29, 0.717) is 11.6 Å². The normalized spacial score (nSPS) is 34.8. The summed E-state index contributed by atoms with van der Waals surface area (Å²) in [4.78, 5) is 10.2. The number of hydrogen-bond acceptors (Lipinski definition) is 3. The van der Waals surface area contributed by atoms with E-state index < -0.39 is 12.0 Å². The Morgan fingerprint density at radius 3 is 2.78 bits per heavy atom. The van der Waals surface area contributed by atoms with Gasteiger partial charge in [0, 0.05) is 0 Å². The third-order valence-corrected chi connectivity index (χ3v) is 2.27. The van der Waals surface area contributed by atoms with Gasteiger partial charge < -0.3 is 15.4 Å². The highest BCUT2D eigenvalue weighted by atomic mass is 32.2. The molecule has 4 nitrogen and oxygen atoms in total. The van der Waals surface area contributed by atoms with Gasteiger partial charge in [-0.3, -0.25) is 0 Å². The van der Waals surface area contributed by atoms with Crippen molar-refractivity contribution >= 4 is 17.7 Å². The third-order valence-electron chi connectivity index (χ3n) is 1.22. The van der Waals surface area contributed by atoms with E-state index in [9.17, 15) is 10.0 Å². The summed E-state index contributed by atoms with van der Waals surface area (Å²) >= 11 is 1.39. The number of quaternary nitrogens is 1. The Morgan fingerprint density at radius 1 is 1.89 bits per heavy atom. The second-order valence-electron chi connectivity index (χ2n) is 1.87. The van der Waals surface area contributed by atoms with Gasteiger partial charge in [-0.15, -0.1) is 0 Å². The molecule has 2 atom stereocenters. The smallest absolute Gasteiger partial charge is 0.363 e. The molecule has 0 aliphatic carbocycles. The second-order valence-corrected chi connectivity index (χ2v) is 2.90. The minimum Gasteiger partial charge on any atom is -0.633 e. The first kappa shape index (κ1) is 6.85. The molecule has 0 amide bonds. The van der Waals surface area contributed by atoms with Crippen molar-refractivity contribution < 1.29 is 15.0 Å².